The molecule has 0 spiro atoms. The fourth-order valence-electron chi connectivity index (χ4n) is 1.41. The third-order valence-electron chi connectivity index (χ3n) is 2.40. The van der Waals surface area contributed by atoms with Crippen LogP contribution in [0.5, 0.6) is 0 Å². The predicted molar refractivity (Wildman–Crippen MR) is 63.9 cm³/mol. The molecule has 7 heteroatoms. The van der Waals surface area contributed by atoms with Crippen molar-refractivity contribution in [1.29, 1.82) is 0 Å². The Morgan fingerprint density at radius 3 is 3.00 bits per heavy atom. The number of ether oxygens (including phenoxy) is 1. The van der Waals surface area contributed by atoms with Crippen LogP contribution in [0.25, 0.3) is 0 Å². The van der Waals surface area contributed by atoms with Gasteiger partial charge in [-0.25, -0.2) is 9.78 Å². The van der Waals surface area contributed by atoms with E-state index in [1.54, 1.807) is 17.1 Å². The van der Waals surface area contributed by atoms with Crippen LogP contribution >= 0.6 is 0 Å². The van der Waals surface area contributed by atoms with E-state index in [0.29, 0.717) is 12.4 Å². The van der Waals surface area contributed by atoms with E-state index in [-0.39, 0.29) is 5.69 Å². The van der Waals surface area contributed by atoms with Crippen molar-refractivity contribution in [2.24, 2.45) is 7.05 Å². The number of hydrogen-bond acceptors (Lipinski definition) is 6. The van der Waals surface area contributed by atoms with E-state index in [1.807, 2.05) is 13.1 Å². The molecule has 2 aromatic rings. The van der Waals surface area contributed by atoms with E-state index in [9.17, 15) is 4.79 Å². The van der Waals surface area contributed by atoms with Crippen molar-refractivity contribution in [3.05, 3.63) is 36.0 Å². The van der Waals surface area contributed by atoms with Crippen LogP contribution in [0.4, 0.5) is 5.82 Å². The molecule has 0 aliphatic rings. The van der Waals surface area contributed by atoms with Gasteiger partial charge in [-0.2, -0.15) is 5.10 Å². The molecule has 2 heterocycles. The summed E-state index contributed by atoms with van der Waals surface area (Å²) in [5.74, 6) is 0.00535. The lowest BCUT2D eigenvalue weighted by Crippen LogP contribution is -2.10. The zero-order valence-electron chi connectivity index (χ0n) is 10.1. The van der Waals surface area contributed by atoms with Crippen molar-refractivity contribution in [2.45, 2.75) is 6.54 Å². The number of anilines is 1. The number of rotatable bonds is 4. The van der Waals surface area contributed by atoms with Crippen LogP contribution in [0.2, 0.25) is 0 Å². The fourth-order valence-corrected chi connectivity index (χ4v) is 1.41. The van der Waals surface area contributed by atoms with Crippen molar-refractivity contribution in [3.8, 4) is 0 Å². The second kappa shape index (κ2) is 5.26. The Balaban J connectivity index is 2.06. The summed E-state index contributed by atoms with van der Waals surface area (Å²) in [6.07, 6.45) is 4.62. The molecule has 0 saturated carbocycles. The van der Waals surface area contributed by atoms with E-state index in [1.165, 1.54) is 13.3 Å². The van der Waals surface area contributed by atoms with Crippen LogP contribution in [0, 0.1) is 0 Å². The van der Waals surface area contributed by atoms with Gasteiger partial charge in [-0.1, -0.05) is 0 Å². The minimum absolute atomic E-state index is 0.174. The van der Waals surface area contributed by atoms with Crippen molar-refractivity contribution in [3.63, 3.8) is 0 Å². The minimum atomic E-state index is -0.508. The molecule has 0 fully saturated rings. The summed E-state index contributed by atoms with van der Waals surface area (Å²) < 4.78 is 6.33. The van der Waals surface area contributed by atoms with Gasteiger partial charge >= 0.3 is 5.97 Å². The molecule has 7 nitrogen and oxygen atoms in total. The van der Waals surface area contributed by atoms with Gasteiger partial charge in [0.25, 0.3) is 0 Å². The maximum absolute atomic E-state index is 11.3. The zero-order chi connectivity index (χ0) is 13.0. The van der Waals surface area contributed by atoms with Crippen LogP contribution in [-0.4, -0.2) is 32.8 Å². The highest BCUT2D eigenvalue weighted by Gasteiger charge is 2.08. The standard InChI is InChI=1S/C11H13N5O2/c1-16-8(3-4-14-16)5-13-10-7-12-6-9(15-10)11(17)18-2/h3-4,6-7H,5H2,1-2H3,(H,13,15). The maximum atomic E-state index is 11.3. The molecule has 0 unspecified atom stereocenters. The largest absolute Gasteiger partial charge is 0.464 e. The second-order valence-electron chi connectivity index (χ2n) is 3.58. The summed E-state index contributed by atoms with van der Waals surface area (Å²) >= 11 is 0. The van der Waals surface area contributed by atoms with Crippen LogP contribution in [0.3, 0.4) is 0 Å². The van der Waals surface area contributed by atoms with E-state index in [2.05, 4.69) is 25.1 Å². The molecule has 0 bridgehead atoms. The molecule has 2 aromatic heterocycles. The first-order chi connectivity index (χ1) is 8.70. The van der Waals surface area contributed by atoms with Gasteiger partial charge in [0.2, 0.25) is 0 Å². The zero-order valence-corrected chi connectivity index (χ0v) is 10.1. The number of aryl methyl sites for hydroxylation is 1. The Bertz CT molecular complexity index is 552. The molecule has 0 aliphatic heterocycles. The molecule has 94 valence electrons. The topological polar surface area (TPSA) is 81.9 Å². The molecule has 2 rings (SSSR count). The first-order valence-electron chi connectivity index (χ1n) is 5.32. The van der Waals surface area contributed by atoms with Gasteiger partial charge in [0.1, 0.15) is 5.82 Å². The molecule has 0 radical (unpaired) electrons. The van der Waals surface area contributed by atoms with Crippen LogP contribution in [0.15, 0.2) is 24.7 Å². The monoisotopic (exact) mass is 247 g/mol. The molecule has 0 aliphatic carbocycles. The Morgan fingerprint density at radius 2 is 2.33 bits per heavy atom. The highest BCUT2D eigenvalue weighted by atomic mass is 16.5. The molecular formula is C11H13N5O2. The van der Waals surface area contributed by atoms with Crippen LogP contribution in [-0.2, 0) is 18.3 Å². The number of nitrogens with one attached hydrogen (secondary N) is 1. The lowest BCUT2D eigenvalue weighted by Gasteiger charge is -2.06. The quantitative estimate of drug-likeness (QED) is 0.797. The Hall–Kier alpha value is -2.44. The summed E-state index contributed by atoms with van der Waals surface area (Å²) in [5.41, 5.74) is 1.17. The van der Waals surface area contributed by atoms with Gasteiger partial charge in [-0.15, -0.1) is 0 Å². The van der Waals surface area contributed by atoms with Gasteiger partial charge in [0.05, 0.1) is 31.7 Å². The molecule has 1 N–H and O–H groups in total. The predicted octanol–water partition coefficient (Wildman–Crippen LogP) is 0.609. The van der Waals surface area contributed by atoms with Crippen molar-refractivity contribution in [2.75, 3.05) is 12.4 Å². The fraction of sp³-hybridized carbons (Fsp3) is 0.273. The van der Waals surface area contributed by atoms with Crippen LogP contribution < -0.4 is 5.32 Å². The third-order valence-corrected chi connectivity index (χ3v) is 2.40. The Labute approximate surface area is 104 Å². The molecule has 0 amide bonds. The lowest BCUT2D eigenvalue weighted by molar-refractivity contribution is 0.0593. The smallest absolute Gasteiger partial charge is 0.358 e. The Morgan fingerprint density at radius 1 is 1.50 bits per heavy atom. The van der Waals surface area contributed by atoms with Gasteiger partial charge in [0, 0.05) is 13.2 Å². The number of aromatic nitrogens is 4. The van der Waals surface area contributed by atoms with Gasteiger partial charge in [0.15, 0.2) is 5.69 Å². The molecule has 0 aromatic carbocycles. The first kappa shape index (κ1) is 12.0. The summed E-state index contributed by atoms with van der Waals surface area (Å²) in [6.45, 7) is 0.551. The van der Waals surface area contributed by atoms with Crippen molar-refractivity contribution >= 4 is 11.8 Å². The average molecular weight is 247 g/mol. The molecule has 18 heavy (non-hydrogen) atoms. The number of carbonyl (C=O) groups excluding carboxylic acids is 1. The Kier molecular flexibility index (Phi) is 3.52. The summed E-state index contributed by atoms with van der Waals surface area (Å²) in [6, 6.07) is 1.89. The van der Waals surface area contributed by atoms with Crippen molar-refractivity contribution in [1.82, 2.24) is 19.7 Å². The normalized spacial score (nSPS) is 10.1. The number of carbonyl (C=O) groups is 1. The van der Waals surface area contributed by atoms with E-state index < -0.39 is 5.97 Å². The number of esters is 1. The summed E-state index contributed by atoms with van der Waals surface area (Å²) in [5, 5.41) is 7.12. The van der Waals surface area contributed by atoms with E-state index in [0.717, 1.165) is 5.69 Å². The highest BCUT2D eigenvalue weighted by molar-refractivity contribution is 5.87. The minimum Gasteiger partial charge on any atom is -0.464 e. The van der Waals surface area contributed by atoms with Gasteiger partial charge in [-0.3, -0.25) is 9.67 Å². The second-order valence-corrected chi connectivity index (χ2v) is 3.58. The van der Waals surface area contributed by atoms with E-state index in [4.69, 9.17) is 0 Å². The summed E-state index contributed by atoms with van der Waals surface area (Å²) in [4.78, 5) is 19.3. The van der Waals surface area contributed by atoms with Gasteiger partial charge < -0.3 is 10.1 Å². The number of nitrogens with zero attached hydrogens (tertiary/aromatic N) is 4. The van der Waals surface area contributed by atoms with Gasteiger partial charge in [-0.05, 0) is 6.07 Å². The SMILES string of the molecule is COC(=O)c1cncc(NCc2ccnn2C)n1. The highest BCUT2D eigenvalue weighted by Crippen LogP contribution is 2.06. The first-order valence-corrected chi connectivity index (χ1v) is 5.32. The van der Waals surface area contributed by atoms with E-state index >= 15 is 0 Å². The molecule has 0 atom stereocenters. The third kappa shape index (κ3) is 2.62. The molecule has 0 saturated heterocycles. The number of hydrogen-bond donors (Lipinski definition) is 1. The summed E-state index contributed by atoms with van der Waals surface area (Å²) in [7, 11) is 3.16. The number of methoxy groups -OCH3 is 1. The van der Waals surface area contributed by atoms with Crippen molar-refractivity contribution < 1.29 is 9.53 Å². The maximum Gasteiger partial charge on any atom is 0.358 e. The lowest BCUT2D eigenvalue weighted by atomic mass is 10.4. The average Bonchev–Trinajstić information content (AvgIpc) is 2.81. The van der Waals surface area contributed by atoms with Crippen LogP contribution in [0.1, 0.15) is 16.2 Å². The molecular weight excluding hydrogens is 234 g/mol.